The number of aromatic nitrogens is 1. The standard InChI is InChI=1S/C31H33N5O2/c1-20-10-25(15-33)27(26-6-8-34-29(20)26)17-36-9-7-31(11-21(12-31)14-32)13-28(36)23-2-4-24(5-3-23)30(37)35-16-22-18-38-19-22/h2-6,8,10,21-22,28,34H,7,9,11-13,16-19H2,1H3,(H,35,37)/t21?,28-,31?/m0/s1. The minimum atomic E-state index is -0.0514. The van der Waals surface area contributed by atoms with Gasteiger partial charge in [0.15, 0.2) is 0 Å². The zero-order valence-electron chi connectivity index (χ0n) is 21.8. The summed E-state index contributed by atoms with van der Waals surface area (Å²) in [7, 11) is 0. The molecule has 3 fully saturated rings. The van der Waals surface area contributed by atoms with Gasteiger partial charge in [-0.15, -0.1) is 0 Å². The summed E-state index contributed by atoms with van der Waals surface area (Å²) < 4.78 is 5.20. The number of benzene rings is 2. The van der Waals surface area contributed by atoms with E-state index in [-0.39, 0.29) is 23.3 Å². The molecule has 3 heterocycles. The van der Waals surface area contributed by atoms with Crippen molar-refractivity contribution in [1.82, 2.24) is 15.2 Å². The number of carbonyl (C=O) groups excluding carboxylic acids is 1. The molecule has 2 aliphatic heterocycles. The minimum absolute atomic E-state index is 0.0514. The minimum Gasteiger partial charge on any atom is -0.381 e. The average Bonchev–Trinajstić information content (AvgIpc) is 3.39. The highest BCUT2D eigenvalue weighted by atomic mass is 16.5. The van der Waals surface area contributed by atoms with E-state index in [9.17, 15) is 15.3 Å². The first-order valence-corrected chi connectivity index (χ1v) is 13.6. The van der Waals surface area contributed by atoms with Gasteiger partial charge in [-0.25, -0.2) is 0 Å². The van der Waals surface area contributed by atoms with E-state index < -0.39 is 0 Å². The number of piperidine rings is 1. The lowest BCUT2D eigenvalue weighted by Crippen LogP contribution is -2.48. The highest BCUT2D eigenvalue weighted by Gasteiger charge is 2.49. The quantitative estimate of drug-likeness (QED) is 0.490. The van der Waals surface area contributed by atoms with Crippen LogP contribution in [0, 0.1) is 46.8 Å². The van der Waals surface area contributed by atoms with Gasteiger partial charge in [-0.3, -0.25) is 9.69 Å². The van der Waals surface area contributed by atoms with Gasteiger partial charge >= 0.3 is 0 Å². The molecular formula is C31H33N5O2. The van der Waals surface area contributed by atoms with E-state index >= 15 is 0 Å². The van der Waals surface area contributed by atoms with Gasteiger partial charge in [-0.1, -0.05) is 12.1 Å². The smallest absolute Gasteiger partial charge is 0.251 e. The van der Waals surface area contributed by atoms with Gasteiger partial charge in [-0.2, -0.15) is 10.5 Å². The first-order chi connectivity index (χ1) is 18.5. The van der Waals surface area contributed by atoms with Crippen LogP contribution >= 0.6 is 0 Å². The summed E-state index contributed by atoms with van der Waals surface area (Å²) in [5, 5.41) is 23.5. The number of likely N-dealkylation sites (tertiary alicyclic amines) is 1. The van der Waals surface area contributed by atoms with Crippen molar-refractivity contribution in [3.8, 4) is 12.1 Å². The molecule has 2 aromatic carbocycles. The first-order valence-electron chi connectivity index (χ1n) is 13.6. The summed E-state index contributed by atoms with van der Waals surface area (Å²) in [6.07, 6.45) is 5.94. The lowest BCUT2D eigenvalue weighted by Gasteiger charge is -2.53. The molecule has 2 saturated heterocycles. The normalized spacial score (nSPS) is 25.3. The Hall–Kier alpha value is -3.65. The SMILES string of the molecule is Cc1cc(C#N)c(CN2CCC3(CC(C#N)C3)C[C@H]2c2ccc(C(=O)NCC3COC3)cc2)c2cc[nH]c12. The Morgan fingerprint density at radius 3 is 2.66 bits per heavy atom. The lowest BCUT2D eigenvalue weighted by molar-refractivity contribution is -0.0299. The van der Waals surface area contributed by atoms with Crippen molar-refractivity contribution < 1.29 is 9.53 Å². The van der Waals surface area contributed by atoms with E-state index in [1.165, 1.54) is 5.56 Å². The molecule has 194 valence electrons. The number of nitrogens with one attached hydrogen (secondary N) is 2. The Kier molecular flexibility index (Phi) is 6.43. The van der Waals surface area contributed by atoms with E-state index in [1.807, 2.05) is 31.3 Å². The summed E-state index contributed by atoms with van der Waals surface area (Å²) >= 11 is 0. The molecule has 1 aromatic heterocycles. The molecule has 1 atom stereocenters. The van der Waals surface area contributed by atoms with Crippen LogP contribution in [0.5, 0.6) is 0 Å². The summed E-state index contributed by atoms with van der Waals surface area (Å²) in [6, 6.07) is 17.1. The second-order valence-electron chi connectivity index (χ2n) is 11.5. The zero-order valence-corrected chi connectivity index (χ0v) is 21.8. The van der Waals surface area contributed by atoms with Crippen molar-refractivity contribution in [2.75, 3.05) is 26.3 Å². The number of nitriles is 2. The Morgan fingerprint density at radius 2 is 1.97 bits per heavy atom. The molecule has 3 aliphatic rings. The molecular weight excluding hydrogens is 474 g/mol. The van der Waals surface area contributed by atoms with Crippen molar-refractivity contribution in [3.05, 3.63) is 70.4 Å². The fourth-order valence-electron chi connectivity index (χ4n) is 6.68. The van der Waals surface area contributed by atoms with E-state index in [4.69, 9.17) is 4.74 Å². The van der Waals surface area contributed by atoms with Gasteiger partial charge in [0, 0.05) is 53.6 Å². The molecule has 2 N–H and O–H groups in total. The number of hydrogen-bond acceptors (Lipinski definition) is 5. The van der Waals surface area contributed by atoms with E-state index in [0.717, 1.165) is 59.8 Å². The molecule has 1 spiro atoms. The summed E-state index contributed by atoms with van der Waals surface area (Å²) in [4.78, 5) is 18.5. The Bertz CT molecular complexity index is 1430. The van der Waals surface area contributed by atoms with Crippen molar-refractivity contribution in [2.24, 2.45) is 17.3 Å². The Morgan fingerprint density at radius 1 is 1.18 bits per heavy atom. The molecule has 1 aliphatic carbocycles. The molecule has 0 radical (unpaired) electrons. The number of ether oxygens (including phenoxy) is 1. The number of fused-ring (bicyclic) bond motifs is 1. The summed E-state index contributed by atoms with van der Waals surface area (Å²) in [5.74, 6) is 0.525. The van der Waals surface area contributed by atoms with E-state index in [1.54, 1.807) is 0 Å². The summed E-state index contributed by atoms with van der Waals surface area (Å²) in [6.45, 7) is 5.72. The van der Waals surface area contributed by atoms with Crippen LogP contribution in [0.3, 0.4) is 0 Å². The van der Waals surface area contributed by atoms with Gasteiger partial charge in [0.1, 0.15) is 0 Å². The van der Waals surface area contributed by atoms with Crippen LogP contribution in [0.2, 0.25) is 0 Å². The predicted octanol–water partition coefficient (Wildman–Crippen LogP) is 4.98. The molecule has 1 saturated carbocycles. The largest absolute Gasteiger partial charge is 0.381 e. The van der Waals surface area contributed by atoms with E-state index in [0.29, 0.717) is 37.8 Å². The lowest BCUT2D eigenvalue weighted by atomic mass is 9.56. The Balaban J connectivity index is 1.27. The van der Waals surface area contributed by atoms with Crippen molar-refractivity contribution >= 4 is 16.8 Å². The van der Waals surface area contributed by atoms with Crippen LogP contribution in [0.4, 0.5) is 0 Å². The third kappa shape index (κ3) is 4.47. The molecule has 0 bridgehead atoms. The molecule has 0 unspecified atom stereocenters. The second-order valence-corrected chi connectivity index (χ2v) is 11.5. The van der Waals surface area contributed by atoms with Crippen LogP contribution in [-0.2, 0) is 11.3 Å². The van der Waals surface area contributed by atoms with Crippen molar-refractivity contribution in [3.63, 3.8) is 0 Å². The van der Waals surface area contributed by atoms with Gasteiger partial charge < -0.3 is 15.0 Å². The number of H-pyrrole nitrogens is 1. The van der Waals surface area contributed by atoms with Gasteiger partial charge in [-0.05, 0) is 85.5 Å². The zero-order chi connectivity index (χ0) is 26.3. The number of rotatable bonds is 6. The average molecular weight is 508 g/mol. The highest BCUT2D eigenvalue weighted by Crippen LogP contribution is 2.56. The Labute approximate surface area is 223 Å². The van der Waals surface area contributed by atoms with Crippen molar-refractivity contribution in [2.45, 2.75) is 45.2 Å². The van der Waals surface area contributed by atoms with Crippen molar-refractivity contribution in [1.29, 1.82) is 10.5 Å². The fourth-order valence-corrected chi connectivity index (χ4v) is 6.68. The maximum Gasteiger partial charge on any atom is 0.251 e. The third-order valence-electron chi connectivity index (χ3n) is 8.99. The highest BCUT2D eigenvalue weighted by molar-refractivity contribution is 5.94. The van der Waals surface area contributed by atoms with Crippen LogP contribution in [0.15, 0.2) is 42.6 Å². The monoisotopic (exact) mass is 507 g/mol. The fraction of sp³-hybridized carbons (Fsp3) is 0.452. The molecule has 1 amide bonds. The maximum absolute atomic E-state index is 12.7. The number of nitrogens with zero attached hydrogens (tertiary/aromatic N) is 3. The maximum atomic E-state index is 12.7. The van der Waals surface area contributed by atoms with E-state index in [2.05, 4.69) is 45.5 Å². The number of hydrogen-bond donors (Lipinski definition) is 2. The van der Waals surface area contributed by atoms with Crippen LogP contribution in [0.25, 0.3) is 10.9 Å². The first kappa shape index (κ1) is 24.7. The van der Waals surface area contributed by atoms with Crippen LogP contribution in [0.1, 0.15) is 64.3 Å². The predicted molar refractivity (Wildman–Crippen MR) is 144 cm³/mol. The van der Waals surface area contributed by atoms with Gasteiger partial charge in [0.25, 0.3) is 5.91 Å². The number of carbonyl (C=O) groups is 1. The molecule has 7 nitrogen and oxygen atoms in total. The van der Waals surface area contributed by atoms with Gasteiger partial charge in [0.05, 0.1) is 30.9 Å². The van der Waals surface area contributed by atoms with Crippen LogP contribution < -0.4 is 5.32 Å². The number of aryl methyl sites for hydroxylation is 1. The molecule has 7 heteroatoms. The topological polar surface area (TPSA) is 105 Å². The number of aromatic amines is 1. The third-order valence-corrected chi connectivity index (χ3v) is 8.99. The van der Waals surface area contributed by atoms with Crippen LogP contribution in [-0.4, -0.2) is 42.1 Å². The molecule has 6 rings (SSSR count). The number of amides is 1. The molecule has 38 heavy (non-hydrogen) atoms. The van der Waals surface area contributed by atoms with Gasteiger partial charge in [0.2, 0.25) is 0 Å². The summed E-state index contributed by atoms with van der Waals surface area (Å²) in [5.41, 5.74) is 6.01. The second kappa shape index (κ2) is 9.91. The molecule has 3 aromatic rings.